The zero-order valence-corrected chi connectivity index (χ0v) is 16.0. The van der Waals surface area contributed by atoms with E-state index in [9.17, 15) is 14.3 Å². The van der Waals surface area contributed by atoms with Gasteiger partial charge in [0.05, 0.1) is 0 Å². The highest BCUT2D eigenvalue weighted by Gasteiger charge is 2.27. The number of benzene rings is 2. The summed E-state index contributed by atoms with van der Waals surface area (Å²) >= 11 is 0. The molecule has 1 aromatic heterocycles. The first-order valence-electron chi connectivity index (χ1n) is 9.79. The van der Waals surface area contributed by atoms with Crippen molar-refractivity contribution in [3.8, 4) is 0 Å². The molecule has 1 atom stereocenters. The molecule has 29 heavy (non-hydrogen) atoms. The van der Waals surface area contributed by atoms with Gasteiger partial charge in [0.2, 0.25) is 0 Å². The predicted octanol–water partition coefficient (Wildman–Crippen LogP) is 2.32. The summed E-state index contributed by atoms with van der Waals surface area (Å²) < 4.78 is 15.2. The number of hydrogen-bond donors (Lipinski definition) is 1. The molecule has 0 saturated carbocycles. The maximum atomic E-state index is 13.1. The van der Waals surface area contributed by atoms with Crippen molar-refractivity contribution >= 4 is 5.91 Å². The fourth-order valence-corrected chi connectivity index (χ4v) is 3.65. The number of aliphatic hydroxyl groups is 1. The Balaban J connectivity index is 1.41. The molecule has 1 aliphatic heterocycles. The lowest BCUT2D eigenvalue weighted by molar-refractivity contribution is -0.140. The van der Waals surface area contributed by atoms with Gasteiger partial charge in [0.25, 0.3) is 5.91 Å². The highest BCUT2D eigenvalue weighted by Crippen LogP contribution is 2.19. The van der Waals surface area contributed by atoms with Crippen molar-refractivity contribution in [1.82, 2.24) is 19.7 Å². The van der Waals surface area contributed by atoms with E-state index in [1.807, 2.05) is 18.2 Å². The summed E-state index contributed by atoms with van der Waals surface area (Å²) in [5.74, 6) is 1.00. The summed E-state index contributed by atoms with van der Waals surface area (Å²) in [4.78, 5) is 14.4. The van der Waals surface area contributed by atoms with Crippen LogP contribution in [0.1, 0.15) is 28.9 Å². The van der Waals surface area contributed by atoms with Gasteiger partial charge in [-0.1, -0.05) is 42.5 Å². The maximum absolute atomic E-state index is 13.1. The number of carbonyl (C=O) groups is 1. The number of amides is 1. The van der Waals surface area contributed by atoms with Gasteiger partial charge in [-0.2, -0.15) is 0 Å². The Morgan fingerprint density at radius 1 is 1.00 bits per heavy atom. The first-order chi connectivity index (χ1) is 14.1. The number of aryl methyl sites for hydroxylation is 2. The zero-order chi connectivity index (χ0) is 20.2. The standard InChI is InChI=1S/C22H23FN4O2/c23-18-9-7-17(8-10-18)21(28)22(29)26-13-12-20-25-24-19(27(20)15-14-26)11-6-16-4-2-1-3-5-16/h1-5,7-10,21,28H,6,11-15H2/t21-/m0/s1. The Kier molecular flexibility index (Phi) is 5.67. The van der Waals surface area contributed by atoms with Crippen LogP contribution in [0.15, 0.2) is 54.6 Å². The highest BCUT2D eigenvalue weighted by atomic mass is 19.1. The third-order valence-electron chi connectivity index (χ3n) is 5.31. The molecule has 0 unspecified atom stereocenters. The molecule has 1 N–H and O–H groups in total. The van der Waals surface area contributed by atoms with Crippen molar-refractivity contribution in [1.29, 1.82) is 0 Å². The fourth-order valence-electron chi connectivity index (χ4n) is 3.65. The molecule has 1 aliphatic rings. The molecular weight excluding hydrogens is 371 g/mol. The zero-order valence-electron chi connectivity index (χ0n) is 16.0. The number of nitrogens with zero attached hydrogens (tertiary/aromatic N) is 4. The van der Waals surface area contributed by atoms with Gasteiger partial charge in [0.15, 0.2) is 6.10 Å². The molecule has 2 heterocycles. The van der Waals surface area contributed by atoms with Gasteiger partial charge in [-0.15, -0.1) is 10.2 Å². The second kappa shape index (κ2) is 8.53. The first-order valence-corrected chi connectivity index (χ1v) is 9.79. The molecule has 2 aromatic carbocycles. The smallest absolute Gasteiger partial charge is 0.256 e. The van der Waals surface area contributed by atoms with E-state index >= 15 is 0 Å². The second-order valence-corrected chi connectivity index (χ2v) is 7.20. The largest absolute Gasteiger partial charge is 0.378 e. The molecule has 0 bridgehead atoms. The Bertz CT molecular complexity index is 972. The van der Waals surface area contributed by atoms with Crippen LogP contribution in [0.5, 0.6) is 0 Å². The Morgan fingerprint density at radius 2 is 1.76 bits per heavy atom. The van der Waals surface area contributed by atoms with Crippen LogP contribution < -0.4 is 0 Å². The van der Waals surface area contributed by atoms with Gasteiger partial charge < -0.3 is 14.6 Å². The van der Waals surface area contributed by atoms with E-state index < -0.39 is 11.9 Å². The average molecular weight is 394 g/mol. The van der Waals surface area contributed by atoms with E-state index in [1.54, 1.807) is 4.90 Å². The minimum atomic E-state index is -1.29. The Labute approximate surface area is 168 Å². The predicted molar refractivity (Wildman–Crippen MR) is 106 cm³/mol. The van der Waals surface area contributed by atoms with Gasteiger partial charge >= 0.3 is 0 Å². The lowest BCUT2D eigenvalue weighted by atomic mass is 10.1. The number of aliphatic hydroxyl groups excluding tert-OH is 1. The van der Waals surface area contributed by atoms with E-state index in [4.69, 9.17) is 0 Å². The van der Waals surface area contributed by atoms with Crippen molar-refractivity contribution in [2.24, 2.45) is 0 Å². The summed E-state index contributed by atoms with van der Waals surface area (Å²) in [5.41, 5.74) is 1.64. The highest BCUT2D eigenvalue weighted by molar-refractivity contribution is 5.82. The van der Waals surface area contributed by atoms with Crippen LogP contribution >= 0.6 is 0 Å². The van der Waals surface area contributed by atoms with Crippen molar-refractivity contribution in [3.63, 3.8) is 0 Å². The molecule has 0 fully saturated rings. The van der Waals surface area contributed by atoms with E-state index in [0.717, 1.165) is 24.5 Å². The molecule has 0 aliphatic carbocycles. The summed E-state index contributed by atoms with van der Waals surface area (Å²) in [7, 11) is 0. The molecule has 150 valence electrons. The normalized spacial score (nSPS) is 14.9. The number of aromatic nitrogens is 3. The monoisotopic (exact) mass is 394 g/mol. The van der Waals surface area contributed by atoms with Crippen LogP contribution in [0.3, 0.4) is 0 Å². The van der Waals surface area contributed by atoms with E-state index in [2.05, 4.69) is 26.9 Å². The molecule has 3 aromatic rings. The van der Waals surface area contributed by atoms with Gasteiger partial charge in [-0.3, -0.25) is 4.79 Å². The lowest BCUT2D eigenvalue weighted by Gasteiger charge is -2.23. The Hall–Kier alpha value is -3.06. The van der Waals surface area contributed by atoms with E-state index in [1.165, 1.54) is 29.8 Å². The van der Waals surface area contributed by atoms with Crippen molar-refractivity contribution < 1.29 is 14.3 Å². The van der Waals surface area contributed by atoms with Crippen LogP contribution in [-0.2, 0) is 30.6 Å². The van der Waals surface area contributed by atoms with Crippen LogP contribution in [0.4, 0.5) is 4.39 Å². The number of carbonyl (C=O) groups excluding carboxylic acids is 1. The molecule has 0 saturated heterocycles. The lowest BCUT2D eigenvalue weighted by Crippen LogP contribution is -2.37. The molecule has 4 rings (SSSR count). The molecule has 1 amide bonds. The summed E-state index contributed by atoms with van der Waals surface area (Å²) in [5, 5.41) is 19.1. The molecule has 6 nitrogen and oxygen atoms in total. The van der Waals surface area contributed by atoms with Crippen molar-refractivity contribution in [2.75, 3.05) is 13.1 Å². The van der Waals surface area contributed by atoms with Gasteiger partial charge in [-0.05, 0) is 29.7 Å². The summed E-state index contributed by atoms with van der Waals surface area (Å²) in [6.45, 7) is 1.53. The molecule has 7 heteroatoms. The van der Waals surface area contributed by atoms with E-state index in [-0.39, 0.29) is 5.91 Å². The van der Waals surface area contributed by atoms with Gasteiger partial charge in [0.1, 0.15) is 17.5 Å². The minimum absolute atomic E-state index is 0.374. The molecular formula is C22H23FN4O2. The maximum Gasteiger partial charge on any atom is 0.256 e. The van der Waals surface area contributed by atoms with Crippen LogP contribution in [0.2, 0.25) is 0 Å². The molecule has 0 spiro atoms. The third kappa shape index (κ3) is 4.35. The van der Waals surface area contributed by atoms with Gasteiger partial charge in [-0.25, -0.2) is 4.39 Å². The average Bonchev–Trinajstić information content (AvgIpc) is 3.01. The second-order valence-electron chi connectivity index (χ2n) is 7.20. The number of halogens is 1. The minimum Gasteiger partial charge on any atom is -0.378 e. The number of hydrogen-bond acceptors (Lipinski definition) is 4. The van der Waals surface area contributed by atoms with E-state index in [0.29, 0.717) is 31.6 Å². The van der Waals surface area contributed by atoms with Crippen molar-refractivity contribution in [3.05, 3.63) is 83.2 Å². The number of rotatable bonds is 5. The third-order valence-corrected chi connectivity index (χ3v) is 5.31. The Morgan fingerprint density at radius 3 is 2.52 bits per heavy atom. The SMILES string of the molecule is O=C([C@@H](O)c1ccc(F)cc1)N1CCc2nnc(CCc3ccccc3)n2CC1. The summed E-state index contributed by atoms with van der Waals surface area (Å²) in [6.07, 6.45) is 0.950. The quantitative estimate of drug-likeness (QED) is 0.721. The fraction of sp³-hybridized carbons (Fsp3) is 0.318. The van der Waals surface area contributed by atoms with Crippen molar-refractivity contribution in [2.45, 2.75) is 31.9 Å². The van der Waals surface area contributed by atoms with Crippen LogP contribution in [-0.4, -0.2) is 43.8 Å². The van der Waals surface area contributed by atoms with Crippen LogP contribution in [0.25, 0.3) is 0 Å². The molecule has 0 radical (unpaired) electrons. The van der Waals surface area contributed by atoms with Crippen LogP contribution in [0, 0.1) is 5.82 Å². The number of fused-ring (bicyclic) bond motifs is 1. The first kappa shape index (κ1) is 19.3. The summed E-state index contributed by atoms with van der Waals surface area (Å²) in [6, 6.07) is 15.6. The topological polar surface area (TPSA) is 71.2 Å². The van der Waals surface area contributed by atoms with Gasteiger partial charge in [0, 0.05) is 32.5 Å².